The molecule has 58 valence electrons. The van der Waals surface area contributed by atoms with Gasteiger partial charge < -0.3 is 0 Å². The Morgan fingerprint density at radius 3 is 3.00 bits per heavy atom. The van der Waals surface area contributed by atoms with Crippen LogP contribution < -0.4 is 0 Å². The maximum atomic E-state index is 2.48. The fraction of sp³-hybridized carbons (Fsp3) is 1.00. The number of nitrogens with zero attached hydrogens (tertiary/aromatic N) is 1. The monoisotopic (exact) mass is 269 g/mol. The van der Waals surface area contributed by atoms with E-state index in [-0.39, 0.29) is 0 Å². The Labute approximate surface area is 80.4 Å². The molecular formula is C7H12INS. The molecular weight excluding hydrogens is 257 g/mol. The van der Waals surface area contributed by atoms with Crippen LogP contribution >= 0.6 is 34.6 Å². The van der Waals surface area contributed by atoms with Gasteiger partial charge in [0, 0.05) is 35.5 Å². The minimum Gasteiger partial charge on any atom is -0.244 e. The highest BCUT2D eigenvalue weighted by atomic mass is 127. The SMILES string of the molecule is CC1[C@H]2CSC[C@H]2CN1I. The van der Waals surface area contributed by atoms with Crippen molar-refractivity contribution in [2.24, 2.45) is 11.8 Å². The standard InChI is InChI=1S/C7H12INS/c1-5-7-4-10-3-6(7)2-9(5)8/h5-7H,2-4H2,1H3/t5?,6-,7-/m1/s1. The first-order chi connectivity index (χ1) is 4.79. The van der Waals surface area contributed by atoms with Gasteiger partial charge >= 0.3 is 0 Å². The van der Waals surface area contributed by atoms with Gasteiger partial charge in [-0.1, -0.05) is 0 Å². The van der Waals surface area contributed by atoms with Gasteiger partial charge in [0.25, 0.3) is 0 Å². The average Bonchev–Trinajstić information content (AvgIpc) is 2.41. The summed E-state index contributed by atoms with van der Waals surface area (Å²) in [6.07, 6.45) is 0. The smallest absolute Gasteiger partial charge is 0.0205 e. The van der Waals surface area contributed by atoms with Gasteiger partial charge in [-0.05, 0) is 30.3 Å². The predicted octanol–water partition coefficient (Wildman–Crippen LogP) is 2.02. The van der Waals surface area contributed by atoms with Crippen molar-refractivity contribution in [3.05, 3.63) is 0 Å². The summed E-state index contributed by atoms with van der Waals surface area (Å²) in [5.74, 6) is 4.83. The van der Waals surface area contributed by atoms with Gasteiger partial charge in [-0.3, -0.25) is 0 Å². The Bertz CT molecular complexity index is 140. The Morgan fingerprint density at radius 2 is 2.30 bits per heavy atom. The van der Waals surface area contributed by atoms with Crippen molar-refractivity contribution < 1.29 is 0 Å². The lowest BCUT2D eigenvalue weighted by atomic mass is 9.95. The van der Waals surface area contributed by atoms with Crippen LogP contribution in [0.1, 0.15) is 6.92 Å². The van der Waals surface area contributed by atoms with E-state index >= 15 is 0 Å². The largest absolute Gasteiger partial charge is 0.244 e. The number of rotatable bonds is 0. The summed E-state index contributed by atoms with van der Waals surface area (Å²) in [5.41, 5.74) is 0. The van der Waals surface area contributed by atoms with Crippen LogP contribution in [0.2, 0.25) is 0 Å². The molecule has 1 unspecified atom stereocenters. The lowest BCUT2D eigenvalue weighted by Crippen LogP contribution is -2.21. The van der Waals surface area contributed by atoms with Crippen LogP contribution in [0.15, 0.2) is 0 Å². The van der Waals surface area contributed by atoms with Crippen LogP contribution in [0.3, 0.4) is 0 Å². The molecule has 0 aromatic heterocycles. The lowest BCUT2D eigenvalue weighted by Gasteiger charge is -2.15. The lowest BCUT2D eigenvalue weighted by molar-refractivity contribution is 0.427. The molecule has 2 saturated heterocycles. The van der Waals surface area contributed by atoms with E-state index in [1.807, 2.05) is 0 Å². The van der Waals surface area contributed by atoms with Gasteiger partial charge in [-0.25, -0.2) is 3.11 Å². The van der Waals surface area contributed by atoms with Crippen LogP contribution in [0, 0.1) is 11.8 Å². The van der Waals surface area contributed by atoms with Crippen molar-refractivity contribution in [1.82, 2.24) is 3.11 Å². The fourth-order valence-corrected chi connectivity index (χ4v) is 4.47. The molecule has 2 aliphatic rings. The van der Waals surface area contributed by atoms with Gasteiger partial charge in [0.15, 0.2) is 0 Å². The van der Waals surface area contributed by atoms with Gasteiger partial charge in [0.1, 0.15) is 0 Å². The summed E-state index contributed by atoms with van der Waals surface area (Å²) >= 11 is 4.61. The summed E-state index contributed by atoms with van der Waals surface area (Å²) in [7, 11) is 0. The highest BCUT2D eigenvalue weighted by molar-refractivity contribution is 14.1. The minimum absolute atomic E-state index is 0.834. The average molecular weight is 269 g/mol. The molecule has 0 saturated carbocycles. The molecule has 10 heavy (non-hydrogen) atoms. The van der Waals surface area contributed by atoms with E-state index in [4.69, 9.17) is 0 Å². The van der Waals surface area contributed by atoms with Gasteiger partial charge in [-0.2, -0.15) is 11.8 Å². The first-order valence-electron chi connectivity index (χ1n) is 3.79. The molecule has 1 nitrogen and oxygen atoms in total. The number of halogens is 1. The summed E-state index contributed by atoms with van der Waals surface area (Å²) in [6, 6.07) is 0.834. The first-order valence-corrected chi connectivity index (χ1v) is 5.91. The molecule has 3 heteroatoms. The maximum Gasteiger partial charge on any atom is 0.0205 e. The zero-order valence-corrected chi connectivity index (χ0v) is 9.06. The third-order valence-electron chi connectivity index (χ3n) is 2.72. The normalized spacial score (nSPS) is 48.0. The van der Waals surface area contributed by atoms with E-state index < -0.39 is 0 Å². The molecule has 0 spiro atoms. The molecule has 0 aliphatic carbocycles. The number of hydrogen-bond donors (Lipinski definition) is 0. The third kappa shape index (κ3) is 1.10. The first kappa shape index (κ1) is 7.68. The fourth-order valence-electron chi connectivity index (χ4n) is 1.93. The molecule has 0 amide bonds. The molecule has 0 aromatic rings. The highest BCUT2D eigenvalue weighted by Gasteiger charge is 2.41. The molecule has 0 N–H and O–H groups in total. The second-order valence-corrected chi connectivity index (χ2v) is 5.60. The van der Waals surface area contributed by atoms with E-state index in [1.165, 1.54) is 18.1 Å². The summed E-state index contributed by atoms with van der Waals surface area (Å²) in [5, 5.41) is 0. The molecule has 0 radical (unpaired) electrons. The molecule has 0 bridgehead atoms. The van der Waals surface area contributed by atoms with Crippen molar-refractivity contribution in [2.45, 2.75) is 13.0 Å². The van der Waals surface area contributed by atoms with Crippen molar-refractivity contribution >= 4 is 34.6 Å². The van der Waals surface area contributed by atoms with E-state index in [0.29, 0.717) is 0 Å². The second-order valence-electron chi connectivity index (χ2n) is 3.28. The van der Waals surface area contributed by atoms with Gasteiger partial charge in [0.2, 0.25) is 0 Å². The van der Waals surface area contributed by atoms with E-state index in [2.05, 4.69) is 44.7 Å². The van der Waals surface area contributed by atoms with Crippen LogP contribution in [0.25, 0.3) is 0 Å². The topological polar surface area (TPSA) is 3.24 Å². The summed E-state index contributed by atoms with van der Waals surface area (Å²) in [6.45, 7) is 3.70. The van der Waals surface area contributed by atoms with Crippen LogP contribution in [-0.4, -0.2) is 27.2 Å². The number of hydrogen-bond acceptors (Lipinski definition) is 2. The number of fused-ring (bicyclic) bond motifs is 1. The Morgan fingerprint density at radius 1 is 1.50 bits per heavy atom. The number of thioether (sulfide) groups is 1. The maximum absolute atomic E-state index is 2.48. The Kier molecular flexibility index (Phi) is 2.17. The minimum atomic E-state index is 0.834. The molecule has 0 aromatic carbocycles. The Balaban J connectivity index is 2.09. The van der Waals surface area contributed by atoms with E-state index in [1.54, 1.807) is 0 Å². The molecule has 3 atom stereocenters. The zero-order chi connectivity index (χ0) is 7.14. The van der Waals surface area contributed by atoms with Crippen molar-refractivity contribution in [2.75, 3.05) is 18.1 Å². The van der Waals surface area contributed by atoms with Crippen LogP contribution in [-0.2, 0) is 0 Å². The molecule has 2 heterocycles. The predicted molar refractivity (Wildman–Crippen MR) is 54.5 cm³/mol. The quantitative estimate of drug-likeness (QED) is 0.489. The molecule has 2 rings (SSSR count). The van der Waals surface area contributed by atoms with Crippen molar-refractivity contribution in [3.63, 3.8) is 0 Å². The van der Waals surface area contributed by atoms with Crippen molar-refractivity contribution in [3.8, 4) is 0 Å². The van der Waals surface area contributed by atoms with E-state index in [9.17, 15) is 0 Å². The second kappa shape index (κ2) is 2.83. The van der Waals surface area contributed by atoms with E-state index in [0.717, 1.165) is 17.9 Å². The third-order valence-corrected chi connectivity index (χ3v) is 5.28. The molecule has 2 fully saturated rings. The Hall–Kier alpha value is 1.04. The summed E-state index contributed by atoms with van der Waals surface area (Å²) in [4.78, 5) is 0. The van der Waals surface area contributed by atoms with Crippen molar-refractivity contribution in [1.29, 1.82) is 0 Å². The van der Waals surface area contributed by atoms with Gasteiger partial charge in [0.05, 0.1) is 0 Å². The highest BCUT2D eigenvalue weighted by Crippen LogP contribution is 2.41. The summed E-state index contributed by atoms with van der Waals surface area (Å²) < 4.78 is 2.48. The van der Waals surface area contributed by atoms with Crippen LogP contribution in [0.4, 0.5) is 0 Å². The molecule has 2 aliphatic heterocycles. The van der Waals surface area contributed by atoms with Gasteiger partial charge in [-0.15, -0.1) is 0 Å². The zero-order valence-electron chi connectivity index (χ0n) is 6.09. The van der Waals surface area contributed by atoms with Crippen LogP contribution in [0.5, 0.6) is 0 Å².